The van der Waals surface area contributed by atoms with E-state index >= 15 is 0 Å². The maximum atomic E-state index is 6.22. The highest BCUT2D eigenvalue weighted by Gasteiger charge is 2.25. The Kier molecular flexibility index (Phi) is 4.24. The summed E-state index contributed by atoms with van der Waals surface area (Å²) in [6, 6.07) is 9.95. The zero-order valence-corrected chi connectivity index (χ0v) is 14.5. The maximum Gasteiger partial charge on any atom is 0.158 e. The van der Waals surface area contributed by atoms with Crippen molar-refractivity contribution < 1.29 is 4.52 Å². The van der Waals surface area contributed by atoms with Crippen molar-refractivity contribution in [1.82, 2.24) is 20.2 Å². The van der Waals surface area contributed by atoms with Crippen molar-refractivity contribution in [3.63, 3.8) is 0 Å². The zero-order chi connectivity index (χ0) is 17.3. The number of aromatic nitrogens is 4. The average Bonchev–Trinajstić information content (AvgIpc) is 3.16. The molecule has 0 radical (unpaired) electrons. The summed E-state index contributed by atoms with van der Waals surface area (Å²) in [6.45, 7) is 8.79. The van der Waals surface area contributed by atoms with E-state index in [1.165, 1.54) is 5.56 Å². The first kappa shape index (κ1) is 16.4. The Bertz CT molecular complexity index is 811. The van der Waals surface area contributed by atoms with Gasteiger partial charge in [0.15, 0.2) is 5.76 Å². The minimum atomic E-state index is -0.163. The van der Waals surface area contributed by atoms with Crippen molar-refractivity contribution in [2.75, 3.05) is 0 Å². The van der Waals surface area contributed by atoms with Crippen LogP contribution in [0.1, 0.15) is 43.8 Å². The molecule has 0 saturated carbocycles. The number of nitrogens with two attached hydrogens (primary N) is 1. The Hall–Kier alpha value is -2.47. The van der Waals surface area contributed by atoms with Crippen LogP contribution in [0.25, 0.3) is 11.3 Å². The van der Waals surface area contributed by atoms with Gasteiger partial charge in [-0.15, -0.1) is 5.10 Å². The van der Waals surface area contributed by atoms with Gasteiger partial charge in [0.2, 0.25) is 0 Å². The van der Waals surface area contributed by atoms with E-state index < -0.39 is 0 Å². The molecule has 6 heteroatoms. The summed E-state index contributed by atoms with van der Waals surface area (Å²) in [6.07, 6.45) is 1.87. The topological polar surface area (TPSA) is 82.8 Å². The number of aryl methyl sites for hydroxylation is 1. The highest BCUT2D eigenvalue weighted by molar-refractivity contribution is 5.59. The fourth-order valence-corrected chi connectivity index (χ4v) is 2.38. The van der Waals surface area contributed by atoms with Crippen LogP contribution >= 0.6 is 0 Å². The lowest BCUT2D eigenvalue weighted by molar-refractivity contribution is 0.321. The van der Waals surface area contributed by atoms with Gasteiger partial charge in [-0.25, -0.2) is 4.68 Å². The number of benzene rings is 1. The molecule has 126 valence electrons. The zero-order valence-electron chi connectivity index (χ0n) is 14.5. The largest absolute Gasteiger partial charge is 0.359 e. The van der Waals surface area contributed by atoms with Crippen molar-refractivity contribution in [2.45, 2.75) is 40.3 Å². The van der Waals surface area contributed by atoms with Crippen LogP contribution in [0.4, 0.5) is 0 Å². The first-order valence-electron chi connectivity index (χ1n) is 8.01. The molecule has 0 fully saturated rings. The summed E-state index contributed by atoms with van der Waals surface area (Å²) in [5.41, 5.74) is 10.00. The van der Waals surface area contributed by atoms with Crippen LogP contribution in [0.15, 0.2) is 41.1 Å². The Balaban J connectivity index is 1.73. The monoisotopic (exact) mass is 325 g/mol. The van der Waals surface area contributed by atoms with Crippen LogP contribution in [0, 0.1) is 12.3 Å². The minimum Gasteiger partial charge on any atom is -0.359 e. The van der Waals surface area contributed by atoms with Crippen molar-refractivity contribution >= 4 is 0 Å². The summed E-state index contributed by atoms with van der Waals surface area (Å²) in [5, 5.41) is 12.5. The molecular formula is C18H23N5O. The highest BCUT2D eigenvalue weighted by Crippen LogP contribution is 2.29. The lowest BCUT2D eigenvalue weighted by Crippen LogP contribution is -2.26. The Morgan fingerprint density at radius 1 is 1.21 bits per heavy atom. The molecule has 2 heterocycles. The second-order valence-electron chi connectivity index (χ2n) is 7.23. The van der Waals surface area contributed by atoms with Crippen molar-refractivity contribution in [1.29, 1.82) is 0 Å². The highest BCUT2D eigenvalue weighted by atomic mass is 16.5. The van der Waals surface area contributed by atoms with Gasteiger partial charge in [-0.1, -0.05) is 61.0 Å². The summed E-state index contributed by atoms with van der Waals surface area (Å²) in [7, 11) is 0. The van der Waals surface area contributed by atoms with E-state index in [2.05, 4.69) is 55.3 Å². The van der Waals surface area contributed by atoms with Gasteiger partial charge in [0.25, 0.3) is 0 Å². The normalized spacial score (nSPS) is 13.2. The molecule has 0 saturated heterocycles. The molecule has 0 aliphatic rings. The molecule has 1 atom stereocenters. The van der Waals surface area contributed by atoms with E-state index in [0.29, 0.717) is 6.54 Å². The molecule has 1 unspecified atom stereocenters. The molecule has 2 aromatic heterocycles. The molecule has 6 nitrogen and oxygen atoms in total. The van der Waals surface area contributed by atoms with Gasteiger partial charge < -0.3 is 10.3 Å². The van der Waals surface area contributed by atoms with E-state index in [0.717, 1.165) is 22.7 Å². The molecule has 3 aromatic rings. The number of hydrogen-bond donors (Lipinski definition) is 1. The van der Waals surface area contributed by atoms with Crippen LogP contribution in [0.2, 0.25) is 0 Å². The summed E-state index contributed by atoms with van der Waals surface area (Å²) in [4.78, 5) is 0. The summed E-state index contributed by atoms with van der Waals surface area (Å²) >= 11 is 0. The van der Waals surface area contributed by atoms with E-state index in [1.54, 1.807) is 4.68 Å². The molecule has 2 N–H and O–H groups in total. The van der Waals surface area contributed by atoms with Gasteiger partial charge in [0.05, 0.1) is 17.9 Å². The Morgan fingerprint density at radius 2 is 1.92 bits per heavy atom. The second-order valence-corrected chi connectivity index (χ2v) is 7.23. The molecular weight excluding hydrogens is 302 g/mol. The quantitative estimate of drug-likeness (QED) is 0.795. The van der Waals surface area contributed by atoms with E-state index in [1.807, 2.05) is 24.4 Å². The lowest BCUT2D eigenvalue weighted by Gasteiger charge is -2.24. The fraction of sp³-hybridized carbons (Fsp3) is 0.389. The third-order valence-electron chi connectivity index (χ3n) is 4.03. The second kappa shape index (κ2) is 6.20. The molecule has 3 rings (SSSR count). The number of hydrogen-bond acceptors (Lipinski definition) is 5. The Morgan fingerprint density at radius 3 is 2.58 bits per heavy atom. The van der Waals surface area contributed by atoms with Gasteiger partial charge in [0, 0.05) is 11.6 Å². The third kappa shape index (κ3) is 3.54. The molecule has 0 aliphatic heterocycles. The van der Waals surface area contributed by atoms with Gasteiger partial charge in [-0.2, -0.15) is 0 Å². The standard InChI is InChI=1S/C18H23N5O/c1-12-5-7-13(8-6-12)15-9-14(24-21-15)10-23-11-16(20-22-23)17(19)18(2,3)4/h5-9,11,17H,10,19H2,1-4H3. The molecule has 1 aromatic carbocycles. The van der Waals surface area contributed by atoms with E-state index in [9.17, 15) is 0 Å². The maximum absolute atomic E-state index is 6.22. The minimum absolute atomic E-state index is 0.0638. The number of rotatable bonds is 4. The van der Waals surface area contributed by atoms with Gasteiger partial charge in [-0.3, -0.25) is 0 Å². The smallest absolute Gasteiger partial charge is 0.158 e. The first-order chi connectivity index (χ1) is 11.3. The summed E-state index contributed by atoms with van der Waals surface area (Å²) < 4.78 is 7.14. The third-order valence-corrected chi connectivity index (χ3v) is 4.03. The van der Waals surface area contributed by atoms with Crippen molar-refractivity contribution in [3.8, 4) is 11.3 Å². The predicted molar refractivity (Wildman–Crippen MR) is 92.2 cm³/mol. The van der Waals surface area contributed by atoms with Crippen LogP contribution in [-0.2, 0) is 6.54 Å². The molecule has 0 bridgehead atoms. The van der Waals surface area contributed by atoms with Crippen molar-refractivity contribution in [3.05, 3.63) is 53.5 Å². The van der Waals surface area contributed by atoms with Crippen LogP contribution in [0.3, 0.4) is 0 Å². The molecule has 0 spiro atoms. The van der Waals surface area contributed by atoms with E-state index in [4.69, 9.17) is 10.3 Å². The van der Waals surface area contributed by atoms with Crippen LogP contribution in [-0.4, -0.2) is 20.2 Å². The van der Waals surface area contributed by atoms with Crippen molar-refractivity contribution in [2.24, 2.45) is 11.1 Å². The molecule has 0 aliphatic carbocycles. The van der Waals surface area contributed by atoms with Gasteiger partial charge >= 0.3 is 0 Å². The summed E-state index contributed by atoms with van der Waals surface area (Å²) in [5.74, 6) is 0.728. The molecule has 24 heavy (non-hydrogen) atoms. The fourth-order valence-electron chi connectivity index (χ4n) is 2.38. The van der Waals surface area contributed by atoms with Crippen LogP contribution in [0.5, 0.6) is 0 Å². The molecule has 0 amide bonds. The average molecular weight is 325 g/mol. The number of nitrogens with zero attached hydrogens (tertiary/aromatic N) is 4. The van der Waals surface area contributed by atoms with E-state index in [-0.39, 0.29) is 11.5 Å². The lowest BCUT2D eigenvalue weighted by atomic mass is 9.86. The predicted octanol–water partition coefficient (Wildman–Crippen LogP) is 3.34. The van der Waals surface area contributed by atoms with Gasteiger partial charge in [-0.05, 0) is 12.3 Å². The van der Waals surface area contributed by atoms with Crippen LogP contribution < -0.4 is 5.73 Å². The van der Waals surface area contributed by atoms with Gasteiger partial charge in [0.1, 0.15) is 12.2 Å². The SMILES string of the molecule is Cc1ccc(-c2cc(Cn3cc(C(N)C(C)(C)C)nn3)on2)cc1. The first-order valence-corrected chi connectivity index (χ1v) is 8.01. The Labute approximate surface area is 141 Å².